The van der Waals surface area contributed by atoms with Gasteiger partial charge in [-0.2, -0.15) is 5.10 Å². The number of nitrogens with zero attached hydrogens (tertiary/aromatic N) is 4. The van der Waals surface area contributed by atoms with Gasteiger partial charge in [0.1, 0.15) is 11.0 Å². The number of hydrogen-bond donors (Lipinski definition) is 3. The highest BCUT2D eigenvalue weighted by atomic mass is 35.5. The summed E-state index contributed by atoms with van der Waals surface area (Å²) in [5.41, 5.74) is 8.67. The molecule has 3 rings (SSSR count). The van der Waals surface area contributed by atoms with Crippen LogP contribution in [-0.2, 0) is 7.05 Å². The van der Waals surface area contributed by atoms with Crippen LogP contribution in [0.5, 0.6) is 5.88 Å². The van der Waals surface area contributed by atoms with Crippen molar-refractivity contribution in [2.75, 3.05) is 17.3 Å². The third-order valence-electron chi connectivity index (χ3n) is 4.25. The molecule has 0 bridgehead atoms. The molecule has 0 spiro atoms. The van der Waals surface area contributed by atoms with Gasteiger partial charge in [0.25, 0.3) is 0 Å². The van der Waals surface area contributed by atoms with Gasteiger partial charge in [-0.15, -0.1) is 0 Å². The molecule has 9 nitrogen and oxygen atoms in total. The maximum atomic E-state index is 12.3. The zero-order valence-electron chi connectivity index (χ0n) is 17.0. The molecule has 3 aromatic heterocycles. The topological polar surface area (TPSA) is 106 Å². The molecular weight excluding hydrogens is 394 g/mol. The van der Waals surface area contributed by atoms with Crippen molar-refractivity contribution >= 4 is 40.2 Å². The molecule has 3 N–H and O–H groups in total. The Morgan fingerprint density at radius 2 is 2.03 bits per heavy atom. The zero-order valence-corrected chi connectivity index (χ0v) is 17.8. The van der Waals surface area contributed by atoms with Crippen molar-refractivity contribution in [2.45, 2.75) is 33.6 Å². The molecule has 3 aromatic rings. The molecule has 0 saturated carbocycles. The van der Waals surface area contributed by atoms with Crippen LogP contribution in [0.4, 0.5) is 16.3 Å². The standard InChI is InChI=1S/C19H24ClN7O2/c1-6-29-16-8-12(7-14(20)22-16)21-19(28)25-24-15-9-13(10(2)3)17-11(4)26-27(5)18(17)23-15/h7-10H,6H2,1-5H3,(H,23,24)(H2,21,22,25,28). The van der Waals surface area contributed by atoms with E-state index in [-0.39, 0.29) is 11.1 Å². The number of nitrogens with one attached hydrogen (secondary N) is 3. The van der Waals surface area contributed by atoms with E-state index in [1.807, 2.05) is 27.0 Å². The van der Waals surface area contributed by atoms with Gasteiger partial charge in [0.2, 0.25) is 5.88 Å². The molecule has 10 heteroatoms. The monoisotopic (exact) mass is 417 g/mol. The van der Waals surface area contributed by atoms with Crippen LogP contribution in [0.15, 0.2) is 18.2 Å². The number of ether oxygens (including phenoxy) is 1. The number of fused-ring (bicyclic) bond motifs is 1. The van der Waals surface area contributed by atoms with Crippen molar-refractivity contribution in [2.24, 2.45) is 7.05 Å². The van der Waals surface area contributed by atoms with Gasteiger partial charge in [0.05, 0.1) is 18.0 Å². The molecule has 0 aliphatic rings. The Bertz CT molecular complexity index is 1050. The molecule has 3 heterocycles. The van der Waals surface area contributed by atoms with Crippen LogP contribution < -0.4 is 20.9 Å². The predicted octanol–water partition coefficient (Wildman–Crippen LogP) is 4.00. The first-order valence-electron chi connectivity index (χ1n) is 9.26. The van der Waals surface area contributed by atoms with Crippen LogP contribution in [0.1, 0.15) is 37.9 Å². The average Bonchev–Trinajstić information content (AvgIpc) is 2.93. The third kappa shape index (κ3) is 4.68. The minimum absolute atomic E-state index is 0.222. The van der Waals surface area contributed by atoms with E-state index in [0.717, 1.165) is 22.3 Å². The number of hydrogen-bond acceptors (Lipinski definition) is 6. The second kappa shape index (κ2) is 8.52. The average molecular weight is 418 g/mol. The summed E-state index contributed by atoms with van der Waals surface area (Å²) in [7, 11) is 1.85. The van der Waals surface area contributed by atoms with E-state index in [4.69, 9.17) is 16.3 Å². The van der Waals surface area contributed by atoms with E-state index in [2.05, 4.69) is 45.1 Å². The van der Waals surface area contributed by atoms with Gasteiger partial charge in [0, 0.05) is 18.5 Å². The lowest BCUT2D eigenvalue weighted by Crippen LogP contribution is -2.34. The van der Waals surface area contributed by atoms with Crippen molar-refractivity contribution in [3.63, 3.8) is 0 Å². The van der Waals surface area contributed by atoms with Crippen molar-refractivity contribution in [1.29, 1.82) is 0 Å². The highest BCUT2D eigenvalue weighted by molar-refractivity contribution is 6.29. The van der Waals surface area contributed by atoms with Crippen LogP contribution in [0.3, 0.4) is 0 Å². The smallest absolute Gasteiger partial charge is 0.337 e. The number of hydrazine groups is 1. The highest BCUT2D eigenvalue weighted by Crippen LogP contribution is 2.29. The number of pyridine rings is 2. The maximum absolute atomic E-state index is 12.3. The SMILES string of the molecule is CCOc1cc(NC(=O)NNc2cc(C(C)C)c3c(C)nn(C)c3n2)cc(Cl)n1. The Morgan fingerprint density at radius 3 is 2.72 bits per heavy atom. The Kier molecular flexibility index (Phi) is 6.07. The molecule has 2 amide bonds. The predicted molar refractivity (Wildman–Crippen MR) is 114 cm³/mol. The lowest BCUT2D eigenvalue weighted by Gasteiger charge is -2.13. The van der Waals surface area contributed by atoms with Crippen molar-refractivity contribution in [3.8, 4) is 5.88 Å². The van der Waals surface area contributed by atoms with Crippen LogP contribution in [0.25, 0.3) is 11.0 Å². The lowest BCUT2D eigenvalue weighted by atomic mass is 10.00. The minimum atomic E-state index is -0.483. The number of carbonyl (C=O) groups excluding carboxylic acids is 1. The Morgan fingerprint density at radius 1 is 1.28 bits per heavy atom. The number of amides is 2. The van der Waals surface area contributed by atoms with Crippen molar-refractivity contribution < 1.29 is 9.53 Å². The molecule has 0 radical (unpaired) electrons. The molecule has 0 aliphatic carbocycles. The number of carbonyl (C=O) groups is 1. The van der Waals surface area contributed by atoms with Crippen molar-refractivity contribution in [3.05, 3.63) is 34.6 Å². The summed E-state index contributed by atoms with van der Waals surface area (Å²) in [6.45, 7) is 8.46. The summed E-state index contributed by atoms with van der Waals surface area (Å²) >= 11 is 5.96. The van der Waals surface area contributed by atoms with Crippen molar-refractivity contribution in [1.82, 2.24) is 25.2 Å². The minimum Gasteiger partial charge on any atom is -0.478 e. The normalized spacial score (nSPS) is 11.0. The molecule has 0 aliphatic heterocycles. The van der Waals surface area contributed by atoms with E-state index < -0.39 is 6.03 Å². The van der Waals surface area contributed by atoms with Gasteiger partial charge in [-0.3, -0.25) is 15.5 Å². The third-order valence-corrected chi connectivity index (χ3v) is 4.44. The fraction of sp³-hybridized carbons (Fsp3) is 0.368. The molecule has 154 valence electrons. The number of halogens is 1. The van der Waals surface area contributed by atoms with Gasteiger partial charge in [-0.25, -0.2) is 14.8 Å². The first kappa shape index (κ1) is 20.7. The van der Waals surface area contributed by atoms with E-state index in [1.165, 1.54) is 6.07 Å². The second-order valence-corrected chi connectivity index (χ2v) is 7.20. The Labute approximate surface area is 173 Å². The first-order chi connectivity index (χ1) is 13.8. The van der Waals surface area contributed by atoms with Gasteiger partial charge in [0.15, 0.2) is 5.65 Å². The first-order valence-corrected chi connectivity index (χ1v) is 9.64. The van der Waals surface area contributed by atoms with Crippen LogP contribution in [-0.4, -0.2) is 32.4 Å². The zero-order chi connectivity index (χ0) is 21.1. The Hall–Kier alpha value is -3.07. The molecule has 0 atom stereocenters. The van der Waals surface area contributed by atoms with Crippen LogP contribution in [0, 0.1) is 6.92 Å². The fourth-order valence-corrected chi connectivity index (χ4v) is 3.25. The van der Waals surface area contributed by atoms with E-state index in [9.17, 15) is 4.79 Å². The Balaban J connectivity index is 1.75. The maximum Gasteiger partial charge on any atom is 0.337 e. The number of rotatable bonds is 6. The van der Waals surface area contributed by atoms with Gasteiger partial charge >= 0.3 is 6.03 Å². The van der Waals surface area contributed by atoms with E-state index in [1.54, 1.807) is 10.7 Å². The lowest BCUT2D eigenvalue weighted by molar-refractivity contribution is 0.254. The summed E-state index contributed by atoms with van der Waals surface area (Å²) in [5, 5.41) is 8.39. The van der Waals surface area contributed by atoms with Gasteiger partial charge in [-0.1, -0.05) is 25.4 Å². The number of aromatic nitrogens is 4. The van der Waals surface area contributed by atoms with Crippen LogP contribution >= 0.6 is 11.6 Å². The summed E-state index contributed by atoms with van der Waals surface area (Å²) in [5.74, 6) is 1.12. The largest absolute Gasteiger partial charge is 0.478 e. The van der Waals surface area contributed by atoms with Gasteiger partial charge in [-0.05, 0) is 37.5 Å². The van der Waals surface area contributed by atoms with Crippen LogP contribution in [0.2, 0.25) is 5.15 Å². The van der Waals surface area contributed by atoms with Gasteiger partial charge < -0.3 is 10.1 Å². The van der Waals surface area contributed by atoms with E-state index >= 15 is 0 Å². The molecule has 0 fully saturated rings. The molecular formula is C19H24ClN7O2. The number of urea groups is 1. The quantitative estimate of drug-likeness (QED) is 0.413. The fourth-order valence-electron chi connectivity index (χ4n) is 3.05. The summed E-state index contributed by atoms with van der Waals surface area (Å²) in [6, 6.07) is 4.56. The number of aryl methyl sites for hydroxylation is 2. The molecule has 29 heavy (non-hydrogen) atoms. The summed E-state index contributed by atoms with van der Waals surface area (Å²) in [6.07, 6.45) is 0. The molecule has 0 unspecified atom stereocenters. The second-order valence-electron chi connectivity index (χ2n) is 6.81. The van der Waals surface area contributed by atoms with E-state index in [0.29, 0.717) is 24.0 Å². The summed E-state index contributed by atoms with van der Waals surface area (Å²) in [4.78, 5) is 20.9. The summed E-state index contributed by atoms with van der Waals surface area (Å²) < 4.78 is 7.06. The molecule has 0 saturated heterocycles. The molecule has 0 aromatic carbocycles. The highest BCUT2D eigenvalue weighted by Gasteiger charge is 2.16. The number of anilines is 2.